The van der Waals surface area contributed by atoms with Crippen LogP contribution in [0.2, 0.25) is 0 Å². The fourth-order valence-corrected chi connectivity index (χ4v) is 0. The van der Waals surface area contributed by atoms with Gasteiger partial charge in [-0.25, -0.2) is 0 Å². The van der Waals surface area contributed by atoms with E-state index < -0.39 is 0 Å². The standard InChI is InChI=1S/BrFS2/c1-3-4-2. The molecule has 0 heterocycles. The molecule has 0 aromatic carbocycles. The predicted octanol–water partition coefficient (Wildman–Crippen LogP) is 2.56. The van der Waals surface area contributed by atoms with Gasteiger partial charge in [0.25, 0.3) is 0 Å². The van der Waals surface area contributed by atoms with Gasteiger partial charge in [0.15, 0.2) is 0 Å². The molecule has 4 heteroatoms. The Morgan fingerprint density at radius 2 is 2.00 bits per heavy atom. The molecule has 4 heavy (non-hydrogen) atoms. The van der Waals surface area contributed by atoms with Gasteiger partial charge in [0, 0.05) is 24.0 Å². The minimum atomic E-state index is 0.190. The average molecular weight is 163 g/mol. The summed E-state index contributed by atoms with van der Waals surface area (Å²) in [6.07, 6.45) is 0. The number of hydrogen-bond acceptors (Lipinski definition) is 2. The van der Waals surface area contributed by atoms with Gasteiger partial charge in [0.2, 0.25) is 0 Å². The number of halogens is 2. The van der Waals surface area contributed by atoms with Crippen molar-refractivity contribution in [3.63, 3.8) is 0 Å². The first-order chi connectivity index (χ1) is 1.91. The SMILES string of the molecule is FSSBr. The van der Waals surface area contributed by atoms with Crippen molar-refractivity contribution in [2.45, 2.75) is 0 Å². The van der Waals surface area contributed by atoms with Gasteiger partial charge in [-0.3, -0.25) is 0 Å². The van der Waals surface area contributed by atoms with E-state index in [4.69, 9.17) is 0 Å². The van der Waals surface area contributed by atoms with Gasteiger partial charge in [-0.05, 0) is 0 Å². The van der Waals surface area contributed by atoms with Crippen LogP contribution in [0.1, 0.15) is 0 Å². The van der Waals surface area contributed by atoms with Crippen molar-refractivity contribution in [2.75, 3.05) is 0 Å². The zero-order chi connectivity index (χ0) is 3.41. The van der Waals surface area contributed by atoms with Gasteiger partial charge in [-0.1, -0.05) is 0 Å². The molecular formula is BrFS2. The van der Waals surface area contributed by atoms with Gasteiger partial charge in [0.1, 0.15) is 11.2 Å². The fraction of sp³-hybridized carbons (Fsp3) is 0. The van der Waals surface area contributed by atoms with Crippen molar-refractivity contribution in [3.05, 3.63) is 0 Å². The molecule has 26 valence electrons. The first-order valence-corrected chi connectivity index (χ1v) is 4.37. The molecule has 0 unspecified atom stereocenters. The molecular weight excluding hydrogens is 163 g/mol. The number of rotatable bonds is 1. The minimum Gasteiger partial charge on any atom is -0.152 e. The van der Waals surface area contributed by atoms with Crippen molar-refractivity contribution in [2.24, 2.45) is 0 Å². The Morgan fingerprint density at radius 1 is 1.75 bits per heavy atom. The van der Waals surface area contributed by atoms with E-state index in [0.29, 0.717) is 0 Å². The summed E-state index contributed by atoms with van der Waals surface area (Å²) in [5.41, 5.74) is 0. The van der Waals surface area contributed by atoms with Crippen molar-refractivity contribution in [1.82, 2.24) is 0 Å². The van der Waals surface area contributed by atoms with Gasteiger partial charge in [-0.2, -0.15) is 3.89 Å². The average Bonchev–Trinajstić information content (AvgIpc) is 1.37. The Balaban J connectivity index is 1.97. The maximum Gasteiger partial charge on any atom is 0.127 e. The lowest BCUT2D eigenvalue weighted by molar-refractivity contribution is 0.954. The Hall–Kier alpha value is 1.11. The molecule has 0 aliphatic rings. The monoisotopic (exact) mass is 162 g/mol. The van der Waals surface area contributed by atoms with Crippen molar-refractivity contribution >= 4 is 35.2 Å². The molecule has 0 saturated heterocycles. The molecule has 0 aromatic rings. The van der Waals surface area contributed by atoms with Crippen LogP contribution >= 0.6 is 35.2 Å². The summed E-state index contributed by atoms with van der Waals surface area (Å²) in [6, 6.07) is 0. The van der Waals surface area contributed by atoms with E-state index in [1.807, 2.05) is 0 Å². The second-order valence-electron chi connectivity index (χ2n) is 0.126. The Labute approximate surface area is 39.4 Å². The molecule has 0 aromatic heterocycles. The molecule has 0 aliphatic heterocycles. The molecule has 0 rings (SSSR count). The van der Waals surface area contributed by atoms with E-state index >= 15 is 0 Å². The van der Waals surface area contributed by atoms with Crippen LogP contribution in [0.3, 0.4) is 0 Å². The summed E-state index contributed by atoms with van der Waals surface area (Å²) in [6.45, 7) is 0. The van der Waals surface area contributed by atoms with Gasteiger partial charge in [-0.15, -0.1) is 0 Å². The van der Waals surface area contributed by atoms with Crippen molar-refractivity contribution < 1.29 is 3.89 Å². The first-order valence-electron chi connectivity index (χ1n) is 0.475. The topological polar surface area (TPSA) is 0 Å². The molecule has 0 atom stereocenters. The lowest BCUT2D eigenvalue weighted by Gasteiger charge is -1.59. The summed E-state index contributed by atoms with van der Waals surface area (Å²) in [5, 5.41) is 0. The summed E-state index contributed by atoms with van der Waals surface area (Å²) >= 11 is 2.94. The molecule has 0 bridgehead atoms. The molecule has 0 fully saturated rings. The van der Waals surface area contributed by atoms with Gasteiger partial charge < -0.3 is 0 Å². The van der Waals surface area contributed by atoms with Gasteiger partial charge in [0.05, 0.1) is 0 Å². The highest BCUT2D eigenvalue weighted by atomic mass is 79.9. The smallest absolute Gasteiger partial charge is 0.127 e. The van der Waals surface area contributed by atoms with Crippen LogP contribution < -0.4 is 0 Å². The van der Waals surface area contributed by atoms with Crippen molar-refractivity contribution in [3.8, 4) is 0 Å². The zero-order valence-corrected chi connectivity index (χ0v) is 4.79. The second kappa shape index (κ2) is 4.11. The van der Waals surface area contributed by atoms with E-state index in [9.17, 15) is 3.89 Å². The van der Waals surface area contributed by atoms with Crippen LogP contribution in [-0.4, -0.2) is 0 Å². The van der Waals surface area contributed by atoms with Crippen LogP contribution in [0, 0.1) is 0 Å². The Kier molecular flexibility index (Phi) is 5.25. The summed E-state index contributed by atoms with van der Waals surface area (Å²) < 4.78 is 10.6. The fourth-order valence-electron chi connectivity index (χ4n) is 0. The first kappa shape index (κ1) is 5.11. The molecule has 0 radical (unpaired) electrons. The highest BCUT2D eigenvalue weighted by Gasteiger charge is 1.66. The largest absolute Gasteiger partial charge is 0.152 e. The minimum absolute atomic E-state index is 0.190. The van der Waals surface area contributed by atoms with E-state index in [-0.39, 0.29) is 11.2 Å². The lowest BCUT2D eigenvalue weighted by atomic mass is 18.9. The summed E-state index contributed by atoms with van der Waals surface area (Å²) in [7, 11) is 0.919. The van der Waals surface area contributed by atoms with Crippen molar-refractivity contribution in [1.29, 1.82) is 0 Å². The lowest BCUT2D eigenvalue weighted by Crippen LogP contribution is -0.984. The van der Waals surface area contributed by atoms with E-state index in [1.165, 1.54) is 0 Å². The van der Waals surface area contributed by atoms with E-state index in [2.05, 4.69) is 14.8 Å². The maximum absolute atomic E-state index is 10.6. The third kappa shape index (κ3) is 3.11. The van der Waals surface area contributed by atoms with Crippen LogP contribution in [0.25, 0.3) is 0 Å². The normalized spacial score (nSPS) is 7.50. The van der Waals surface area contributed by atoms with Crippen LogP contribution in [0.5, 0.6) is 0 Å². The molecule has 0 amide bonds. The van der Waals surface area contributed by atoms with Crippen LogP contribution in [0.15, 0.2) is 0 Å². The Morgan fingerprint density at radius 3 is 2.00 bits per heavy atom. The zero-order valence-electron chi connectivity index (χ0n) is 1.57. The van der Waals surface area contributed by atoms with E-state index in [0.717, 1.165) is 9.23 Å². The summed E-state index contributed by atoms with van der Waals surface area (Å²) in [4.78, 5) is 0. The molecule has 0 aliphatic carbocycles. The highest BCUT2D eigenvalue weighted by Crippen LogP contribution is 2.27. The highest BCUT2D eigenvalue weighted by molar-refractivity contribution is 9.60. The number of hydrogen-bond donors (Lipinski definition) is 0. The van der Waals surface area contributed by atoms with E-state index in [1.54, 1.807) is 0 Å². The molecule has 0 nitrogen and oxygen atoms in total. The second-order valence-corrected chi connectivity index (χ2v) is 3.51. The van der Waals surface area contributed by atoms with Gasteiger partial charge >= 0.3 is 0 Å². The Bertz CT molecular complexity index is 8.00. The third-order valence-electron chi connectivity index (χ3n) is 0.0238. The quantitative estimate of drug-likeness (QED) is 0.545. The molecule has 0 spiro atoms. The van der Waals surface area contributed by atoms with Crippen LogP contribution in [0.4, 0.5) is 3.89 Å². The summed E-state index contributed by atoms with van der Waals surface area (Å²) in [5.74, 6) is 0. The predicted molar refractivity (Wildman–Crippen MR) is 25.2 cm³/mol. The van der Waals surface area contributed by atoms with Crippen LogP contribution in [-0.2, 0) is 0 Å². The molecule has 0 saturated carbocycles. The third-order valence-corrected chi connectivity index (χ3v) is 1.11. The molecule has 0 N–H and O–H groups in total. The maximum atomic E-state index is 10.6.